The Bertz CT molecular complexity index is 97.8. The molecule has 0 rings (SSSR count). The molecule has 2 nitrogen and oxygen atoms in total. The van der Waals surface area contributed by atoms with Crippen molar-refractivity contribution in [2.24, 2.45) is 11.5 Å². The molecule has 0 heterocycles. The van der Waals surface area contributed by atoms with Crippen molar-refractivity contribution >= 4 is 0 Å². The third-order valence-electron chi connectivity index (χ3n) is 1.83. The minimum atomic E-state index is 0.0787. The van der Waals surface area contributed by atoms with Crippen molar-refractivity contribution in [3.63, 3.8) is 0 Å². The van der Waals surface area contributed by atoms with Gasteiger partial charge in [-0.05, 0) is 18.4 Å². The molecule has 0 aromatic heterocycles. The summed E-state index contributed by atoms with van der Waals surface area (Å²) in [5, 5.41) is 0. The molecule has 0 aliphatic carbocycles. The van der Waals surface area contributed by atoms with E-state index in [0.717, 1.165) is 18.4 Å². The topological polar surface area (TPSA) is 52.0 Å². The fourth-order valence-corrected chi connectivity index (χ4v) is 0.799. The van der Waals surface area contributed by atoms with Crippen LogP contribution < -0.4 is 11.5 Å². The van der Waals surface area contributed by atoms with Gasteiger partial charge in [0, 0.05) is 12.1 Å². The van der Waals surface area contributed by atoms with Crippen molar-refractivity contribution in [1.82, 2.24) is 0 Å². The van der Waals surface area contributed by atoms with E-state index >= 15 is 0 Å². The summed E-state index contributed by atoms with van der Waals surface area (Å²) in [6, 6.07) is 0.157. The third kappa shape index (κ3) is 2.50. The molecule has 0 bridgehead atoms. The summed E-state index contributed by atoms with van der Waals surface area (Å²) in [6.07, 6.45) is 1.85. The molecule has 0 amide bonds. The Morgan fingerprint density at radius 2 is 1.50 bits per heavy atom. The van der Waals surface area contributed by atoms with Gasteiger partial charge in [0.1, 0.15) is 0 Å². The second kappa shape index (κ2) is 4.47. The van der Waals surface area contributed by atoms with Crippen LogP contribution in [-0.2, 0) is 0 Å². The first-order chi connectivity index (χ1) is 4.63. The van der Waals surface area contributed by atoms with Gasteiger partial charge in [0.2, 0.25) is 0 Å². The summed E-state index contributed by atoms with van der Waals surface area (Å²) < 4.78 is 0. The minimum Gasteiger partial charge on any atom is -0.324 e. The highest BCUT2D eigenvalue weighted by Gasteiger charge is 2.10. The van der Waals surface area contributed by atoms with Crippen molar-refractivity contribution in [1.29, 1.82) is 0 Å². The molecule has 0 radical (unpaired) electrons. The van der Waals surface area contributed by atoms with Gasteiger partial charge in [-0.25, -0.2) is 0 Å². The SMILES string of the molecule is C=C(C(N)CC)C(N)CC. The molecule has 2 atom stereocenters. The first kappa shape index (κ1) is 9.66. The van der Waals surface area contributed by atoms with Crippen molar-refractivity contribution < 1.29 is 0 Å². The second-order valence-electron chi connectivity index (χ2n) is 2.60. The summed E-state index contributed by atoms with van der Waals surface area (Å²) >= 11 is 0. The van der Waals surface area contributed by atoms with Crippen LogP contribution in [0.5, 0.6) is 0 Å². The first-order valence-electron chi connectivity index (χ1n) is 3.83. The predicted octanol–water partition coefficient (Wildman–Crippen LogP) is 1.02. The highest BCUT2D eigenvalue weighted by atomic mass is 14.7. The molecule has 0 saturated heterocycles. The number of nitrogens with two attached hydrogens (primary N) is 2. The van der Waals surface area contributed by atoms with E-state index in [-0.39, 0.29) is 12.1 Å². The number of hydrogen-bond donors (Lipinski definition) is 2. The van der Waals surface area contributed by atoms with Crippen LogP contribution in [0.3, 0.4) is 0 Å². The first-order valence-corrected chi connectivity index (χ1v) is 3.83. The summed E-state index contributed by atoms with van der Waals surface area (Å²) in [5.41, 5.74) is 12.4. The van der Waals surface area contributed by atoms with E-state index in [1.54, 1.807) is 0 Å². The normalized spacial score (nSPS) is 16.4. The quantitative estimate of drug-likeness (QED) is 0.576. The Morgan fingerprint density at radius 3 is 1.70 bits per heavy atom. The highest BCUT2D eigenvalue weighted by molar-refractivity contribution is 5.11. The molecule has 10 heavy (non-hydrogen) atoms. The fraction of sp³-hybridized carbons (Fsp3) is 0.750. The van der Waals surface area contributed by atoms with Gasteiger partial charge in [-0.1, -0.05) is 20.4 Å². The molecule has 4 N–H and O–H groups in total. The zero-order chi connectivity index (χ0) is 8.15. The lowest BCUT2D eigenvalue weighted by Gasteiger charge is -2.17. The van der Waals surface area contributed by atoms with Crippen molar-refractivity contribution in [2.75, 3.05) is 0 Å². The molecule has 0 fully saturated rings. The maximum absolute atomic E-state index is 5.71. The molecule has 60 valence electrons. The maximum atomic E-state index is 5.71. The predicted molar refractivity (Wildman–Crippen MR) is 45.7 cm³/mol. The molecule has 0 spiro atoms. The Balaban J connectivity index is 3.82. The monoisotopic (exact) mass is 142 g/mol. The Morgan fingerprint density at radius 1 is 1.20 bits per heavy atom. The van der Waals surface area contributed by atoms with Crippen LogP contribution >= 0.6 is 0 Å². The van der Waals surface area contributed by atoms with Gasteiger partial charge in [0.05, 0.1) is 0 Å². The van der Waals surface area contributed by atoms with Gasteiger partial charge in [0.25, 0.3) is 0 Å². The Labute approximate surface area is 63.3 Å². The summed E-state index contributed by atoms with van der Waals surface area (Å²) in [5.74, 6) is 0. The van der Waals surface area contributed by atoms with Crippen LogP contribution in [0.15, 0.2) is 12.2 Å². The van der Waals surface area contributed by atoms with Crippen LogP contribution in [0.4, 0.5) is 0 Å². The zero-order valence-corrected chi connectivity index (χ0v) is 6.93. The molecule has 0 aromatic carbocycles. The second-order valence-corrected chi connectivity index (χ2v) is 2.60. The van der Waals surface area contributed by atoms with Crippen molar-refractivity contribution in [2.45, 2.75) is 38.8 Å². The molecular weight excluding hydrogens is 124 g/mol. The lowest BCUT2D eigenvalue weighted by molar-refractivity contribution is 0.633. The third-order valence-corrected chi connectivity index (χ3v) is 1.83. The van der Waals surface area contributed by atoms with Crippen LogP contribution in [-0.4, -0.2) is 12.1 Å². The van der Waals surface area contributed by atoms with E-state index in [9.17, 15) is 0 Å². The summed E-state index contributed by atoms with van der Waals surface area (Å²) in [6.45, 7) is 7.93. The highest BCUT2D eigenvalue weighted by Crippen LogP contribution is 2.06. The Kier molecular flexibility index (Phi) is 4.32. The van der Waals surface area contributed by atoms with Gasteiger partial charge < -0.3 is 11.5 Å². The number of rotatable bonds is 4. The minimum absolute atomic E-state index is 0.0787. The van der Waals surface area contributed by atoms with E-state index in [4.69, 9.17) is 11.5 Å². The van der Waals surface area contributed by atoms with E-state index in [2.05, 4.69) is 6.58 Å². The van der Waals surface area contributed by atoms with Crippen LogP contribution in [0, 0.1) is 0 Å². The van der Waals surface area contributed by atoms with E-state index in [1.165, 1.54) is 0 Å². The molecule has 0 aliphatic rings. The lowest BCUT2D eigenvalue weighted by Crippen LogP contribution is -2.33. The van der Waals surface area contributed by atoms with Gasteiger partial charge in [-0.15, -0.1) is 0 Å². The van der Waals surface area contributed by atoms with E-state index in [1.807, 2.05) is 13.8 Å². The average Bonchev–Trinajstić information content (AvgIpc) is 2.00. The van der Waals surface area contributed by atoms with Gasteiger partial charge in [-0.2, -0.15) is 0 Å². The molecule has 0 saturated carbocycles. The van der Waals surface area contributed by atoms with Crippen molar-refractivity contribution in [3.05, 3.63) is 12.2 Å². The molecular formula is C8H18N2. The van der Waals surface area contributed by atoms with Crippen LogP contribution in [0.2, 0.25) is 0 Å². The smallest absolute Gasteiger partial charge is 0.0263 e. The van der Waals surface area contributed by atoms with Gasteiger partial charge in [0.15, 0.2) is 0 Å². The fourth-order valence-electron chi connectivity index (χ4n) is 0.799. The van der Waals surface area contributed by atoms with Crippen LogP contribution in [0.1, 0.15) is 26.7 Å². The summed E-state index contributed by atoms with van der Waals surface area (Å²) in [7, 11) is 0. The van der Waals surface area contributed by atoms with E-state index < -0.39 is 0 Å². The van der Waals surface area contributed by atoms with Gasteiger partial charge in [-0.3, -0.25) is 0 Å². The zero-order valence-electron chi connectivity index (χ0n) is 6.93. The van der Waals surface area contributed by atoms with Crippen molar-refractivity contribution in [3.8, 4) is 0 Å². The van der Waals surface area contributed by atoms with E-state index in [0.29, 0.717) is 0 Å². The summed E-state index contributed by atoms with van der Waals surface area (Å²) in [4.78, 5) is 0. The Hall–Kier alpha value is -0.340. The maximum Gasteiger partial charge on any atom is 0.0263 e. The molecule has 0 aliphatic heterocycles. The molecule has 0 aromatic rings. The lowest BCUT2D eigenvalue weighted by atomic mass is 9.99. The number of hydrogen-bond acceptors (Lipinski definition) is 2. The molecule has 2 unspecified atom stereocenters. The van der Waals surface area contributed by atoms with Gasteiger partial charge >= 0.3 is 0 Å². The standard InChI is InChI=1S/C8H18N2/c1-4-7(9)6(3)8(10)5-2/h7-8H,3-5,9-10H2,1-2H3. The largest absolute Gasteiger partial charge is 0.324 e. The molecule has 2 heteroatoms. The average molecular weight is 142 g/mol. The van der Waals surface area contributed by atoms with Crippen LogP contribution in [0.25, 0.3) is 0 Å².